The largest absolute Gasteiger partial charge is 0.466 e. The van der Waals surface area contributed by atoms with Crippen LogP contribution in [0.5, 0.6) is 0 Å². The average molecular weight is 377 g/mol. The van der Waals surface area contributed by atoms with Crippen molar-refractivity contribution < 1.29 is 14.3 Å². The summed E-state index contributed by atoms with van der Waals surface area (Å²) >= 11 is 7.74. The molecular weight excluding hydrogens is 360 g/mol. The van der Waals surface area contributed by atoms with E-state index < -0.39 is 12.0 Å². The number of nitrogens with zero attached hydrogens (tertiary/aromatic N) is 2. The molecule has 3 rings (SSSR count). The van der Waals surface area contributed by atoms with Gasteiger partial charge in [0.05, 0.1) is 29.3 Å². The Labute approximate surface area is 155 Å². The van der Waals surface area contributed by atoms with Gasteiger partial charge in [-0.2, -0.15) is 0 Å². The number of fused-ring (bicyclic) bond motifs is 1. The summed E-state index contributed by atoms with van der Waals surface area (Å²) in [5.41, 5.74) is 2.51. The van der Waals surface area contributed by atoms with E-state index in [4.69, 9.17) is 16.3 Å². The van der Waals surface area contributed by atoms with Gasteiger partial charge in [-0.25, -0.2) is 9.79 Å². The fourth-order valence-corrected chi connectivity index (χ4v) is 4.40. The number of benzene rings is 1. The third-order valence-electron chi connectivity index (χ3n) is 4.20. The van der Waals surface area contributed by atoms with E-state index in [1.165, 1.54) is 25.8 Å². The minimum atomic E-state index is -0.488. The van der Waals surface area contributed by atoms with Crippen LogP contribution in [0.1, 0.15) is 32.4 Å². The highest BCUT2D eigenvalue weighted by atomic mass is 35.5. The van der Waals surface area contributed by atoms with Crippen molar-refractivity contribution >= 4 is 40.3 Å². The molecule has 0 bridgehead atoms. The van der Waals surface area contributed by atoms with Crippen molar-refractivity contribution in [3.05, 3.63) is 56.7 Å². The first-order valence-electron chi connectivity index (χ1n) is 7.68. The molecule has 5 nitrogen and oxygen atoms in total. The van der Waals surface area contributed by atoms with Crippen LogP contribution in [0.3, 0.4) is 0 Å². The number of ether oxygens (including phenoxy) is 1. The van der Waals surface area contributed by atoms with E-state index in [-0.39, 0.29) is 5.78 Å². The molecule has 2 heterocycles. The van der Waals surface area contributed by atoms with Gasteiger partial charge in [0.2, 0.25) is 0 Å². The third-order valence-corrected chi connectivity index (χ3v) is 5.80. The van der Waals surface area contributed by atoms with E-state index in [9.17, 15) is 9.59 Å². The first kappa shape index (κ1) is 17.8. The quantitative estimate of drug-likeness (QED) is 0.744. The van der Waals surface area contributed by atoms with Crippen molar-refractivity contribution in [2.75, 3.05) is 7.11 Å². The number of ketones is 1. The first-order valence-corrected chi connectivity index (χ1v) is 8.87. The Morgan fingerprint density at radius 3 is 2.56 bits per heavy atom. The van der Waals surface area contributed by atoms with Crippen LogP contribution in [0.15, 0.2) is 51.1 Å². The summed E-state index contributed by atoms with van der Waals surface area (Å²) in [6.07, 6.45) is 0. The summed E-state index contributed by atoms with van der Waals surface area (Å²) in [5.74, 6) is -0.492. The second-order valence-corrected chi connectivity index (χ2v) is 7.14. The van der Waals surface area contributed by atoms with E-state index in [1.54, 1.807) is 13.0 Å². The van der Waals surface area contributed by atoms with Crippen LogP contribution < -0.4 is 0 Å². The Morgan fingerprint density at radius 2 is 1.96 bits per heavy atom. The van der Waals surface area contributed by atoms with Gasteiger partial charge >= 0.3 is 5.97 Å². The zero-order valence-corrected chi connectivity index (χ0v) is 15.9. The van der Waals surface area contributed by atoms with Crippen molar-refractivity contribution in [1.82, 2.24) is 4.90 Å². The number of carbonyl (C=O) groups excluding carboxylic acids is 2. The number of rotatable bonds is 3. The molecule has 0 amide bonds. The number of allylic oxidation sites excluding steroid dienone is 3. The smallest absolute Gasteiger partial charge is 0.338 e. The number of hydrogen-bond acceptors (Lipinski definition) is 6. The molecule has 2 aliphatic heterocycles. The molecule has 0 fully saturated rings. The summed E-state index contributed by atoms with van der Waals surface area (Å²) in [6.45, 7) is 5.14. The molecule has 0 aromatic heterocycles. The predicted molar refractivity (Wildman–Crippen MR) is 99.2 cm³/mol. The maximum atomic E-state index is 12.5. The standard InChI is InChI=1S/C18H17ClN2O3S/c1-9-14(17(23)24-4)15(12-7-5-6-8-13(12)19)21-10(2)16(11(3)22)25-18(21)20-9/h5-8,15H,1-4H3/t15-/m1/s1. The molecule has 0 radical (unpaired) electrons. The SMILES string of the molecule is COC(=O)C1=C(C)N=C2SC(C(C)=O)=C(C)N2[C@@H]1c1ccccc1Cl. The molecule has 0 aliphatic carbocycles. The van der Waals surface area contributed by atoms with Crippen molar-refractivity contribution in [2.24, 2.45) is 4.99 Å². The van der Waals surface area contributed by atoms with Crippen LogP contribution in [-0.4, -0.2) is 28.9 Å². The Morgan fingerprint density at radius 1 is 1.28 bits per heavy atom. The lowest BCUT2D eigenvalue weighted by Crippen LogP contribution is -2.36. The highest BCUT2D eigenvalue weighted by molar-refractivity contribution is 8.18. The lowest BCUT2D eigenvalue weighted by atomic mass is 9.94. The van der Waals surface area contributed by atoms with Crippen LogP contribution >= 0.6 is 23.4 Å². The van der Waals surface area contributed by atoms with Gasteiger partial charge in [0.1, 0.15) is 0 Å². The minimum Gasteiger partial charge on any atom is -0.466 e. The summed E-state index contributed by atoms with van der Waals surface area (Å²) < 4.78 is 4.98. The predicted octanol–water partition coefficient (Wildman–Crippen LogP) is 4.07. The fraction of sp³-hybridized carbons (Fsp3) is 0.278. The van der Waals surface area contributed by atoms with Crippen molar-refractivity contribution in [1.29, 1.82) is 0 Å². The molecule has 1 aromatic rings. The van der Waals surface area contributed by atoms with Gasteiger partial charge in [-0.1, -0.05) is 29.8 Å². The number of carbonyl (C=O) groups is 2. The Kier molecular flexibility index (Phi) is 4.75. The molecule has 0 spiro atoms. The van der Waals surface area contributed by atoms with Gasteiger partial charge in [-0.15, -0.1) is 0 Å². The summed E-state index contributed by atoms with van der Waals surface area (Å²) in [7, 11) is 1.34. The number of thioether (sulfide) groups is 1. The third kappa shape index (κ3) is 2.89. The second kappa shape index (κ2) is 6.69. The number of halogens is 1. The molecule has 1 atom stereocenters. The zero-order valence-electron chi connectivity index (χ0n) is 14.3. The van der Waals surface area contributed by atoms with Gasteiger partial charge in [0, 0.05) is 10.7 Å². The molecule has 0 saturated heterocycles. The molecule has 7 heteroatoms. The number of methoxy groups -OCH3 is 1. The number of esters is 1. The van der Waals surface area contributed by atoms with Crippen LogP contribution in [-0.2, 0) is 14.3 Å². The Bertz CT molecular complexity index is 873. The fourth-order valence-electron chi connectivity index (χ4n) is 3.07. The zero-order chi connectivity index (χ0) is 18.3. The molecule has 25 heavy (non-hydrogen) atoms. The van der Waals surface area contributed by atoms with Gasteiger partial charge in [-0.05, 0) is 44.2 Å². The normalized spacial score (nSPS) is 19.8. The lowest BCUT2D eigenvalue weighted by Gasteiger charge is -2.35. The monoisotopic (exact) mass is 376 g/mol. The van der Waals surface area contributed by atoms with E-state index >= 15 is 0 Å². The number of Topliss-reactive ketones (excluding diaryl/α,β-unsaturated/α-hetero) is 1. The maximum Gasteiger partial charge on any atom is 0.338 e. The molecule has 0 saturated carbocycles. The van der Waals surface area contributed by atoms with Gasteiger partial charge < -0.3 is 9.64 Å². The highest BCUT2D eigenvalue weighted by Crippen LogP contribution is 2.48. The molecule has 0 N–H and O–H groups in total. The number of hydrogen-bond donors (Lipinski definition) is 0. The minimum absolute atomic E-state index is 0.0326. The average Bonchev–Trinajstić information content (AvgIpc) is 2.90. The first-order chi connectivity index (χ1) is 11.9. The van der Waals surface area contributed by atoms with Crippen LogP contribution in [0.2, 0.25) is 5.02 Å². The summed E-state index contributed by atoms with van der Waals surface area (Å²) in [5, 5.41) is 1.20. The lowest BCUT2D eigenvalue weighted by molar-refractivity contribution is -0.136. The Hall–Kier alpha value is -2.05. The van der Waals surface area contributed by atoms with E-state index in [2.05, 4.69) is 4.99 Å². The van der Waals surface area contributed by atoms with Gasteiger partial charge in [0.15, 0.2) is 11.0 Å². The molecule has 130 valence electrons. The van der Waals surface area contributed by atoms with Crippen molar-refractivity contribution in [3.8, 4) is 0 Å². The van der Waals surface area contributed by atoms with Crippen LogP contribution in [0.25, 0.3) is 0 Å². The van der Waals surface area contributed by atoms with Crippen LogP contribution in [0.4, 0.5) is 0 Å². The maximum absolute atomic E-state index is 12.5. The number of amidine groups is 1. The molecular formula is C18H17ClN2O3S. The van der Waals surface area contributed by atoms with E-state index in [0.717, 1.165) is 11.3 Å². The number of aliphatic imine (C=N–C) groups is 1. The van der Waals surface area contributed by atoms with Crippen molar-refractivity contribution in [3.63, 3.8) is 0 Å². The van der Waals surface area contributed by atoms with E-state index in [1.807, 2.05) is 30.0 Å². The van der Waals surface area contributed by atoms with Crippen molar-refractivity contribution in [2.45, 2.75) is 26.8 Å². The van der Waals surface area contributed by atoms with Gasteiger partial charge in [-0.3, -0.25) is 4.79 Å². The topological polar surface area (TPSA) is 59.0 Å². The molecule has 0 unspecified atom stereocenters. The highest BCUT2D eigenvalue weighted by Gasteiger charge is 2.43. The summed E-state index contributed by atoms with van der Waals surface area (Å²) in [6, 6.07) is 6.86. The molecule has 1 aromatic carbocycles. The Balaban J connectivity index is 2.25. The molecule has 2 aliphatic rings. The summed E-state index contributed by atoms with van der Waals surface area (Å²) in [4.78, 5) is 31.5. The second-order valence-electron chi connectivity index (χ2n) is 5.75. The van der Waals surface area contributed by atoms with E-state index in [0.29, 0.717) is 26.4 Å². The van der Waals surface area contributed by atoms with Gasteiger partial charge in [0.25, 0.3) is 0 Å². The van der Waals surface area contributed by atoms with Crippen LogP contribution in [0, 0.1) is 0 Å².